The number of rotatable bonds is 16. The topological polar surface area (TPSA) is 44.8 Å². The maximum atomic E-state index is 12.6. The molecule has 0 radical (unpaired) electrons. The predicted octanol–water partition coefficient (Wildman–Crippen LogP) is 9.42. The summed E-state index contributed by atoms with van der Waals surface area (Å²) in [6, 6.07) is 44.3. The number of Topliss-reactive ketones (excluding diaryl/α,β-unsaturated/α-hetero) is 1. The Kier molecular flexibility index (Phi) is 11.4. The molecule has 0 aliphatic rings. The Morgan fingerprint density at radius 3 is 1.66 bits per heavy atom. The summed E-state index contributed by atoms with van der Waals surface area (Å²) in [5.74, 6) is 2.49. The second kappa shape index (κ2) is 16.5. The first-order chi connectivity index (χ1) is 21.7. The summed E-state index contributed by atoms with van der Waals surface area (Å²) >= 11 is 0. The van der Waals surface area contributed by atoms with Crippen molar-refractivity contribution in [3.63, 3.8) is 0 Å². The molecule has 0 saturated carbocycles. The molecule has 4 nitrogen and oxygen atoms in total. The summed E-state index contributed by atoms with van der Waals surface area (Å²) in [7, 11) is 0. The number of hydrogen-bond donors (Lipinski definition) is 0. The van der Waals surface area contributed by atoms with Gasteiger partial charge in [0.05, 0.1) is 0 Å². The average molecular weight is 583 g/mol. The number of ether oxygens (including phenoxy) is 3. The van der Waals surface area contributed by atoms with Gasteiger partial charge in [-0.15, -0.1) is 0 Å². The lowest BCUT2D eigenvalue weighted by atomic mass is 10.0. The van der Waals surface area contributed by atoms with Crippen LogP contribution in [-0.4, -0.2) is 5.78 Å². The van der Waals surface area contributed by atoms with Crippen molar-refractivity contribution in [1.29, 1.82) is 0 Å². The van der Waals surface area contributed by atoms with Gasteiger partial charge in [-0.05, 0) is 64.9 Å². The maximum Gasteiger partial charge on any atom is 0.162 e. The number of hydrogen-bond acceptors (Lipinski definition) is 4. The van der Waals surface area contributed by atoms with E-state index in [0.29, 0.717) is 50.6 Å². The summed E-state index contributed by atoms with van der Waals surface area (Å²) < 4.78 is 18.2. The van der Waals surface area contributed by atoms with E-state index < -0.39 is 0 Å². The first-order valence-electron chi connectivity index (χ1n) is 15.1. The minimum Gasteiger partial charge on any atom is -0.489 e. The van der Waals surface area contributed by atoms with Gasteiger partial charge < -0.3 is 14.2 Å². The Morgan fingerprint density at radius 1 is 0.523 bits per heavy atom. The number of carbonyl (C=O) groups excluding carboxylic acids is 1. The number of benzene rings is 5. The van der Waals surface area contributed by atoms with Crippen LogP contribution in [0.5, 0.6) is 17.2 Å². The van der Waals surface area contributed by atoms with Crippen LogP contribution in [0.4, 0.5) is 0 Å². The highest BCUT2D eigenvalue weighted by Crippen LogP contribution is 2.31. The molecule has 4 heteroatoms. The molecular formula is C40H38O4. The van der Waals surface area contributed by atoms with Gasteiger partial charge in [0.15, 0.2) is 11.5 Å². The van der Waals surface area contributed by atoms with Crippen LogP contribution in [0.1, 0.15) is 47.1 Å². The van der Waals surface area contributed by atoms with Crippen LogP contribution in [0.25, 0.3) is 6.08 Å². The van der Waals surface area contributed by atoms with Gasteiger partial charge >= 0.3 is 0 Å². The Hall–Kier alpha value is -5.09. The number of carbonyl (C=O) groups is 1. The van der Waals surface area contributed by atoms with E-state index in [2.05, 4.69) is 6.08 Å². The van der Waals surface area contributed by atoms with Gasteiger partial charge in [0.2, 0.25) is 0 Å². The summed E-state index contributed by atoms with van der Waals surface area (Å²) in [5.41, 5.74) is 5.46. The Morgan fingerprint density at radius 2 is 1.07 bits per heavy atom. The first-order valence-corrected chi connectivity index (χ1v) is 15.1. The fraction of sp³-hybridized carbons (Fsp3) is 0.175. The van der Waals surface area contributed by atoms with Crippen molar-refractivity contribution in [1.82, 2.24) is 0 Å². The first kappa shape index (κ1) is 30.4. The molecule has 0 N–H and O–H groups in total. The van der Waals surface area contributed by atoms with E-state index in [-0.39, 0.29) is 5.78 Å². The van der Waals surface area contributed by atoms with Gasteiger partial charge in [-0.3, -0.25) is 4.79 Å². The predicted molar refractivity (Wildman–Crippen MR) is 177 cm³/mol. The molecule has 5 aromatic carbocycles. The van der Waals surface area contributed by atoms with Crippen molar-refractivity contribution in [2.24, 2.45) is 0 Å². The van der Waals surface area contributed by atoms with E-state index in [4.69, 9.17) is 14.2 Å². The van der Waals surface area contributed by atoms with E-state index >= 15 is 0 Å². The molecular weight excluding hydrogens is 544 g/mol. The summed E-state index contributed by atoms with van der Waals surface area (Å²) in [6.07, 6.45) is 6.56. The average Bonchev–Trinajstić information content (AvgIpc) is 3.08. The standard InChI is InChI=1S/C40H38O4/c41-37(24-20-32-21-25-38(26-22-32)42-29-34-13-4-1-5-14-34)19-11-10-12-33-23-27-39(43-30-35-15-6-2-7-16-35)40(28-33)44-31-36-17-8-3-9-18-36/h1-10,12-18,21-23,25-28H,11,19-20,24,29-31H2/b12-10+. The zero-order valence-electron chi connectivity index (χ0n) is 24.9. The quantitative estimate of drug-likeness (QED) is 0.116. The van der Waals surface area contributed by atoms with Gasteiger partial charge in [0, 0.05) is 12.8 Å². The molecule has 0 unspecified atom stereocenters. The third-order valence-corrected chi connectivity index (χ3v) is 7.21. The third kappa shape index (κ3) is 10.0. The lowest BCUT2D eigenvalue weighted by molar-refractivity contribution is -0.118. The third-order valence-electron chi connectivity index (χ3n) is 7.21. The largest absolute Gasteiger partial charge is 0.489 e. The lowest BCUT2D eigenvalue weighted by Crippen LogP contribution is -2.01. The molecule has 44 heavy (non-hydrogen) atoms. The number of allylic oxidation sites excluding steroid dienone is 1. The molecule has 0 aliphatic heterocycles. The van der Waals surface area contributed by atoms with Crippen molar-refractivity contribution >= 4 is 11.9 Å². The minimum atomic E-state index is 0.260. The van der Waals surface area contributed by atoms with E-state index in [1.165, 1.54) is 0 Å². The normalized spacial score (nSPS) is 10.9. The van der Waals surface area contributed by atoms with Gasteiger partial charge in [-0.2, -0.15) is 0 Å². The molecule has 0 amide bonds. The summed E-state index contributed by atoms with van der Waals surface area (Å²) in [6.45, 7) is 1.46. The molecule has 5 rings (SSSR count). The molecule has 0 atom stereocenters. The molecule has 0 spiro atoms. The highest BCUT2D eigenvalue weighted by atomic mass is 16.5. The van der Waals surface area contributed by atoms with Crippen molar-refractivity contribution in [3.05, 3.63) is 167 Å². The maximum absolute atomic E-state index is 12.6. The van der Waals surface area contributed by atoms with Crippen LogP contribution < -0.4 is 14.2 Å². The molecule has 0 heterocycles. The minimum absolute atomic E-state index is 0.260. The van der Waals surface area contributed by atoms with Crippen molar-refractivity contribution < 1.29 is 19.0 Å². The van der Waals surface area contributed by atoms with E-state index in [0.717, 1.165) is 40.0 Å². The molecule has 5 aromatic rings. The van der Waals surface area contributed by atoms with Crippen LogP contribution >= 0.6 is 0 Å². The number of ketones is 1. The lowest BCUT2D eigenvalue weighted by Gasteiger charge is -2.14. The van der Waals surface area contributed by atoms with E-state index in [1.54, 1.807) is 0 Å². The Balaban J connectivity index is 1.09. The van der Waals surface area contributed by atoms with Crippen molar-refractivity contribution in [2.75, 3.05) is 0 Å². The van der Waals surface area contributed by atoms with Crippen LogP contribution in [0.3, 0.4) is 0 Å². The SMILES string of the molecule is O=C(CC/C=C/c1ccc(OCc2ccccc2)c(OCc2ccccc2)c1)CCc1ccc(OCc2ccccc2)cc1. The Labute approximate surface area is 260 Å². The van der Waals surface area contributed by atoms with Crippen LogP contribution in [0, 0.1) is 0 Å². The van der Waals surface area contributed by atoms with Gasteiger partial charge in [0.1, 0.15) is 31.4 Å². The van der Waals surface area contributed by atoms with Crippen molar-refractivity contribution in [2.45, 2.75) is 45.5 Å². The zero-order valence-corrected chi connectivity index (χ0v) is 24.9. The molecule has 222 valence electrons. The fourth-order valence-electron chi connectivity index (χ4n) is 4.70. The van der Waals surface area contributed by atoms with Gasteiger partial charge in [-0.25, -0.2) is 0 Å². The second-order valence-corrected chi connectivity index (χ2v) is 10.7. The number of aryl methyl sites for hydroxylation is 1. The van der Waals surface area contributed by atoms with Crippen LogP contribution in [-0.2, 0) is 31.0 Å². The van der Waals surface area contributed by atoms with Crippen molar-refractivity contribution in [3.8, 4) is 17.2 Å². The molecule has 0 aliphatic carbocycles. The van der Waals surface area contributed by atoms with Crippen LogP contribution in [0.15, 0.2) is 140 Å². The molecule has 0 aromatic heterocycles. The van der Waals surface area contributed by atoms with Gasteiger partial charge in [-0.1, -0.05) is 121 Å². The monoisotopic (exact) mass is 582 g/mol. The zero-order chi connectivity index (χ0) is 30.2. The van der Waals surface area contributed by atoms with Gasteiger partial charge in [0.25, 0.3) is 0 Å². The second-order valence-electron chi connectivity index (χ2n) is 10.7. The smallest absolute Gasteiger partial charge is 0.162 e. The van der Waals surface area contributed by atoms with Crippen LogP contribution in [0.2, 0.25) is 0 Å². The van der Waals surface area contributed by atoms with E-state index in [1.807, 2.05) is 140 Å². The molecule has 0 bridgehead atoms. The fourth-order valence-corrected chi connectivity index (χ4v) is 4.70. The molecule has 0 saturated heterocycles. The highest BCUT2D eigenvalue weighted by molar-refractivity contribution is 5.78. The van der Waals surface area contributed by atoms with E-state index in [9.17, 15) is 4.79 Å². The molecule has 0 fully saturated rings. The summed E-state index contributed by atoms with van der Waals surface area (Å²) in [4.78, 5) is 12.6. The summed E-state index contributed by atoms with van der Waals surface area (Å²) in [5, 5.41) is 0. The Bertz CT molecular complexity index is 1590. The highest BCUT2D eigenvalue weighted by Gasteiger charge is 2.08.